The number of aliphatic hydroxyl groups is 1. The van der Waals surface area contributed by atoms with Crippen LogP contribution in [0.4, 0.5) is 0 Å². The lowest BCUT2D eigenvalue weighted by atomic mass is 9.80. The summed E-state index contributed by atoms with van der Waals surface area (Å²) >= 11 is 0. The largest absolute Gasteiger partial charge is 0.478 e. The van der Waals surface area contributed by atoms with Crippen LogP contribution in [-0.4, -0.2) is 27.6 Å². The van der Waals surface area contributed by atoms with Gasteiger partial charge in [0.15, 0.2) is 0 Å². The minimum absolute atomic E-state index is 0.220. The van der Waals surface area contributed by atoms with Gasteiger partial charge in [0.2, 0.25) is 0 Å². The van der Waals surface area contributed by atoms with E-state index in [4.69, 9.17) is 5.11 Å². The molecule has 0 heterocycles. The Kier molecular flexibility index (Phi) is 4.00. The third-order valence-corrected chi connectivity index (χ3v) is 3.79. The number of aryl methyl sites for hydroxylation is 1. The molecule has 0 spiro atoms. The van der Waals surface area contributed by atoms with Gasteiger partial charge < -0.3 is 10.2 Å². The molecular weight excluding hydrogens is 244 g/mol. The fourth-order valence-electron chi connectivity index (χ4n) is 2.48. The molecule has 2 N–H and O–H groups in total. The first-order chi connectivity index (χ1) is 8.98. The number of hydrogen-bond acceptors (Lipinski definition) is 3. The van der Waals surface area contributed by atoms with Gasteiger partial charge in [-0.1, -0.05) is 12.1 Å². The molecule has 1 aromatic rings. The molecule has 0 aromatic heterocycles. The lowest BCUT2D eigenvalue weighted by Gasteiger charge is -2.31. The van der Waals surface area contributed by atoms with E-state index in [2.05, 4.69) is 0 Å². The number of carboxylic acid groups (broad SMARTS) is 1. The molecule has 1 fully saturated rings. The Morgan fingerprint density at radius 3 is 2.58 bits per heavy atom. The monoisotopic (exact) mass is 262 g/mol. The quantitative estimate of drug-likeness (QED) is 0.872. The summed E-state index contributed by atoms with van der Waals surface area (Å²) in [6, 6.07) is 6.77. The maximum absolute atomic E-state index is 11.2. The van der Waals surface area contributed by atoms with Gasteiger partial charge in [0.25, 0.3) is 0 Å². The number of hydrogen-bond donors (Lipinski definition) is 2. The average molecular weight is 262 g/mol. The molecule has 19 heavy (non-hydrogen) atoms. The summed E-state index contributed by atoms with van der Waals surface area (Å²) in [6.45, 7) is 0. The van der Waals surface area contributed by atoms with Crippen molar-refractivity contribution in [3.63, 3.8) is 0 Å². The Bertz CT molecular complexity index is 483. The van der Waals surface area contributed by atoms with Crippen LogP contribution >= 0.6 is 0 Å². The minimum Gasteiger partial charge on any atom is -0.478 e. The van der Waals surface area contributed by atoms with Crippen molar-refractivity contribution in [2.45, 2.75) is 44.1 Å². The maximum Gasteiger partial charge on any atom is 0.335 e. The highest BCUT2D eigenvalue weighted by Crippen LogP contribution is 2.30. The van der Waals surface area contributed by atoms with E-state index in [1.165, 1.54) is 0 Å². The second-order valence-electron chi connectivity index (χ2n) is 5.27. The van der Waals surface area contributed by atoms with E-state index in [9.17, 15) is 14.7 Å². The molecule has 4 heteroatoms. The first kappa shape index (κ1) is 13.7. The van der Waals surface area contributed by atoms with Crippen molar-refractivity contribution in [1.29, 1.82) is 0 Å². The van der Waals surface area contributed by atoms with Gasteiger partial charge in [-0.15, -0.1) is 0 Å². The van der Waals surface area contributed by atoms with E-state index in [0.29, 0.717) is 38.5 Å². The normalized spacial score (nSPS) is 18.3. The van der Waals surface area contributed by atoms with Gasteiger partial charge in [0.1, 0.15) is 5.78 Å². The molecule has 0 radical (unpaired) electrons. The molecule has 1 aromatic carbocycles. The van der Waals surface area contributed by atoms with Crippen molar-refractivity contribution in [3.05, 3.63) is 35.4 Å². The zero-order chi connectivity index (χ0) is 13.9. The summed E-state index contributed by atoms with van der Waals surface area (Å²) in [5, 5.41) is 19.3. The number of carbonyl (C=O) groups is 2. The van der Waals surface area contributed by atoms with E-state index in [1.807, 2.05) is 6.07 Å². The number of Topliss-reactive ketones (excluding diaryl/α,β-unsaturated/α-hetero) is 1. The number of rotatable bonds is 4. The molecule has 0 atom stereocenters. The summed E-state index contributed by atoms with van der Waals surface area (Å²) in [5.74, 6) is -0.721. The number of benzene rings is 1. The lowest BCUT2D eigenvalue weighted by Crippen LogP contribution is -2.34. The molecular formula is C15H18O4. The van der Waals surface area contributed by atoms with Crippen molar-refractivity contribution in [3.8, 4) is 0 Å². The highest BCUT2D eigenvalue weighted by atomic mass is 16.4. The zero-order valence-corrected chi connectivity index (χ0v) is 10.8. The SMILES string of the molecule is O=C1CCC(O)(CCc2cccc(C(=O)O)c2)CC1. The molecule has 0 bridgehead atoms. The van der Waals surface area contributed by atoms with E-state index >= 15 is 0 Å². The molecule has 0 unspecified atom stereocenters. The smallest absolute Gasteiger partial charge is 0.335 e. The Balaban J connectivity index is 1.96. The van der Waals surface area contributed by atoms with Crippen LogP contribution in [0.15, 0.2) is 24.3 Å². The topological polar surface area (TPSA) is 74.6 Å². The van der Waals surface area contributed by atoms with E-state index in [0.717, 1.165) is 5.56 Å². The number of carboxylic acids is 1. The second-order valence-corrected chi connectivity index (χ2v) is 5.27. The third kappa shape index (κ3) is 3.64. The summed E-state index contributed by atoms with van der Waals surface area (Å²) in [6.07, 6.45) is 3.14. The lowest BCUT2D eigenvalue weighted by molar-refractivity contribution is -0.125. The van der Waals surface area contributed by atoms with Crippen molar-refractivity contribution < 1.29 is 19.8 Å². The van der Waals surface area contributed by atoms with Crippen LogP contribution in [-0.2, 0) is 11.2 Å². The highest BCUT2D eigenvalue weighted by Gasteiger charge is 2.31. The Hall–Kier alpha value is -1.68. The average Bonchev–Trinajstić information content (AvgIpc) is 2.41. The van der Waals surface area contributed by atoms with Crippen LogP contribution in [0, 0.1) is 0 Å². The summed E-state index contributed by atoms with van der Waals surface area (Å²) in [4.78, 5) is 22.0. The van der Waals surface area contributed by atoms with Crippen LogP contribution in [0.3, 0.4) is 0 Å². The van der Waals surface area contributed by atoms with E-state index in [-0.39, 0.29) is 11.3 Å². The van der Waals surface area contributed by atoms with Gasteiger partial charge in [-0.25, -0.2) is 4.79 Å². The van der Waals surface area contributed by atoms with Gasteiger partial charge in [0, 0.05) is 12.8 Å². The van der Waals surface area contributed by atoms with Gasteiger partial charge in [0.05, 0.1) is 11.2 Å². The standard InChI is InChI=1S/C15H18O4/c16-13-5-8-15(19,9-6-13)7-4-11-2-1-3-12(10-11)14(17)18/h1-3,10,19H,4-9H2,(H,17,18). The Morgan fingerprint density at radius 2 is 1.95 bits per heavy atom. The molecule has 1 aliphatic rings. The second kappa shape index (κ2) is 5.53. The number of aromatic carboxylic acids is 1. The van der Waals surface area contributed by atoms with E-state index < -0.39 is 11.6 Å². The predicted molar refractivity (Wildman–Crippen MR) is 70.1 cm³/mol. The Morgan fingerprint density at radius 1 is 1.26 bits per heavy atom. The number of carbonyl (C=O) groups excluding carboxylic acids is 1. The Labute approximate surface area is 112 Å². The predicted octanol–water partition coefficient (Wildman–Crippen LogP) is 2.19. The molecule has 0 amide bonds. The van der Waals surface area contributed by atoms with Gasteiger partial charge >= 0.3 is 5.97 Å². The van der Waals surface area contributed by atoms with Crippen LogP contribution in [0.25, 0.3) is 0 Å². The van der Waals surface area contributed by atoms with Crippen LogP contribution in [0.1, 0.15) is 48.0 Å². The minimum atomic E-state index is -0.941. The molecule has 0 aliphatic heterocycles. The van der Waals surface area contributed by atoms with Crippen molar-refractivity contribution >= 4 is 11.8 Å². The molecule has 0 saturated heterocycles. The summed E-state index contributed by atoms with van der Waals surface area (Å²) in [7, 11) is 0. The van der Waals surface area contributed by atoms with Gasteiger partial charge in [-0.2, -0.15) is 0 Å². The summed E-state index contributed by atoms with van der Waals surface area (Å²) < 4.78 is 0. The van der Waals surface area contributed by atoms with Crippen molar-refractivity contribution in [2.75, 3.05) is 0 Å². The fraction of sp³-hybridized carbons (Fsp3) is 0.467. The van der Waals surface area contributed by atoms with Gasteiger partial charge in [-0.05, 0) is 43.4 Å². The van der Waals surface area contributed by atoms with Crippen LogP contribution in [0.2, 0.25) is 0 Å². The van der Waals surface area contributed by atoms with Crippen molar-refractivity contribution in [1.82, 2.24) is 0 Å². The van der Waals surface area contributed by atoms with Gasteiger partial charge in [-0.3, -0.25) is 4.79 Å². The highest BCUT2D eigenvalue weighted by molar-refractivity contribution is 5.87. The maximum atomic E-state index is 11.2. The fourth-order valence-corrected chi connectivity index (χ4v) is 2.48. The molecule has 102 valence electrons. The molecule has 4 nitrogen and oxygen atoms in total. The van der Waals surface area contributed by atoms with Crippen LogP contribution < -0.4 is 0 Å². The summed E-state index contributed by atoms with van der Waals surface area (Å²) in [5.41, 5.74) is 0.404. The molecule has 1 saturated carbocycles. The first-order valence-corrected chi connectivity index (χ1v) is 6.55. The number of ketones is 1. The van der Waals surface area contributed by atoms with Crippen molar-refractivity contribution in [2.24, 2.45) is 0 Å². The molecule has 2 rings (SSSR count). The zero-order valence-electron chi connectivity index (χ0n) is 10.8. The molecule has 1 aliphatic carbocycles. The third-order valence-electron chi connectivity index (χ3n) is 3.79. The van der Waals surface area contributed by atoms with E-state index in [1.54, 1.807) is 18.2 Å². The van der Waals surface area contributed by atoms with Crippen LogP contribution in [0.5, 0.6) is 0 Å². The first-order valence-electron chi connectivity index (χ1n) is 6.55.